The van der Waals surface area contributed by atoms with Gasteiger partial charge in [-0.3, -0.25) is 4.79 Å². The van der Waals surface area contributed by atoms with Gasteiger partial charge in [-0.05, 0) is 38.1 Å². The first-order valence-electron chi connectivity index (χ1n) is 8.69. The maximum atomic E-state index is 12.6. The summed E-state index contributed by atoms with van der Waals surface area (Å²) in [6.07, 6.45) is 5.31. The Morgan fingerprint density at radius 1 is 1.33 bits per heavy atom. The van der Waals surface area contributed by atoms with Crippen molar-refractivity contribution in [3.63, 3.8) is 0 Å². The highest BCUT2D eigenvalue weighted by Crippen LogP contribution is 2.32. The van der Waals surface area contributed by atoms with Crippen molar-refractivity contribution in [3.8, 4) is 11.3 Å². The van der Waals surface area contributed by atoms with E-state index >= 15 is 0 Å². The summed E-state index contributed by atoms with van der Waals surface area (Å²) in [7, 11) is 1.98. The molecule has 0 saturated carbocycles. The average Bonchev–Trinajstić information content (AvgIpc) is 3.22. The number of nitrogens with zero attached hydrogens (tertiary/aromatic N) is 3. The third-order valence-electron chi connectivity index (χ3n) is 4.68. The number of rotatable bonds is 4. The molecule has 0 aliphatic heterocycles. The number of hydrogen-bond acceptors (Lipinski definition) is 4. The molecule has 4 rings (SSSR count). The molecule has 0 spiro atoms. The first kappa shape index (κ1) is 17.2. The number of aliphatic hydroxyl groups is 1. The van der Waals surface area contributed by atoms with Crippen molar-refractivity contribution in [2.75, 3.05) is 6.61 Å². The Balaban J connectivity index is 1.81. The minimum Gasteiger partial charge on any atom is -0.394 e. The fraction of sp³-hybridized carbons (Fsp3) is 0.250. The minimum absolute atomic E-state index is 0.131. The molecule has 0 aliphatic carbocycles. The van der Waals surface area contributed by atoms with Gasteiger partial charge in [0.2, 0.25) is 0 Å². The number of H-pyrrole nitrogens is 1. The van der Waals surface area contributed by atoms with E-state index in [0.29, 0.717) is 5.56 Å². The van der Waals surface area contributed by atoms with Gasteiger partial charge < -0.3 is 20.0 Å². The van der Waals surface area contributed by atoms with Crippen LogP contribution in [0.3, 0.4) is 0 Å². The molecule has 3 aromatic heterocycles. The fourth-order valence-corrected chi connectivity index (χ4v) is 3.18. The summed E-state index contributed by atoms with van der Waals surface area (Å²) in [5, 5.41) is 14.1. The van der Waals surface area contributed by atoms with Crippen molar-refractivity contribution in [1.29, 1.82) is 0 Å². The summed E-state index contributed by atoms with van der Waals surface area (Å²) in [6, 6.07) is 7.62. The Morgan fingerprint density at radius 2 is 2.15 bits per heavy atom. The predicted molar refractivity (Wildman–Crippen MR) is 104 cm³/mol. The van der Waals surface area contributed by atoms with Crippen LogP contribution in [-0.4, -0.2) is 42.7 Å². The molecule has 3 N–H and O–H groups in total. The molecule has 0 aliphatic rings. The topological polar surface area (TPSA) is 95.8 Å². The predicted octanol–water partition coefficient (Wildman–Crippen LogP) is 2.62. The van der Waals surface area contributed by atoms with Crippen LogP contribution in [0.5, 0.6) is 0 Å². The van der Waals surface area contributed by atoms with Crippen molar-refractivity contribution in [2.45, 2.75) is 19.4 Å². The number of aliphatic hydroxyl groups excluding tert-OH is 1. The lowest BCUT2D eigenvalue weighted by Crippen LogP contribution is -2.46. The van der Waals surface area contributed by atoms with Crippen LogP contribution < -0.4 is 5.32 Å². The zero-order chi connectivity index (χ0) is 19.2. The molecule has 138 valence electrons. The number of carbonyl (C=O) groups excluding carboxylic acids is 1. The first-order valence-corrected chi connectivity index (χ1v) is 8.69. The largest absolute Gasteiger partial charge is 0.394 e. The van der Waals surface area contributed by atoms with Gasteiger partial charge in [0.15, 0.2) is 0 Å². The molecule has 1 amide bonds. The molecule has 4 aromatic rings. The van der Waals surface area contributed by atoms with Gasteiger partial charge in [-0.1, -0.05) is 0 Å². The quantitative estimate of drug-likeness (QED) is 0.519. The second-order valence-electron chi connectivity index (χ2n) is 7.39. The van der Waals surface area contributed by atoms with E-state index in [9.17, 15) is 9.90 Å². The van der Waals surface area contributed by atoms with Gasteiger partial charge in [-0.25, -0.2) is 9.97 Å². The standard InChI is InChI=1S/C20H21N5O2/c1-20(2,10-26)24-19(27)12-4-5-17-14(6-12)15(9-25(17)3)16-7-13-8-21-11-22-18(13)23-16/h4-9,11,26H,10H2,1-3H3,(H,24,27)(H,21,22,23). The first-order chi connectivity index (χ1) is 12.9. The molecule has 0 fully saturated rings. The maximum absolute atomic E-state index is 12.6. The lowest BCUT2D eigenvalue weighted by Gasteiger charge is -2.23. The molecule has 0 radical (unpaired) electrons. The molecule has 7 nitrogen and oxygen atoms in total. The molecule has 0 saturated heterocycles. The molecule has 3 heterocycles. The van der Waals surface area contributed by atoms with E-state index in [1.165, 1.54) is 6.33 Å². The highest BCUT2D eigenvalue weighted by Gasteiger charge is 2.21. The van der Waals surface area contributed by atoms with Crippen molar-refractivity contribution < 1.29 is 9.90 Å². The van der Waals surface area contributed by atoms with Gasteiger partial charge in [0.05, 0.1) is 12.1 Å². The zero-order valence-electron chi connectivity index (χ0n) is 15.4. The van der Waals surface area contributed by atoms with E-state index in [1.54, 1.807) is 26.1 Å². The van der Waals surface area contributed by atoms with Crippen LogP contribution >= 0.6 is 0 Å². The van der Waals surface area contributed by atoms with E-state index in [2.05, 4.69) is 20.3 Å². The number of amides is 1. The summed E-state index contributed by atoms with van der Waals surface area (Å²) in [5.74, 6) is -0.215. The van der Waals surface area contributed by atoms with Crippen LogP contribution in [-0.2, 0) is 7.05 Å². The van der Waals surface area contributed by atoms with Gasteiger partial charge in [0.25, 0.3) is 5.91 Å². The van der Waals surface area contributed by atoms with Gasteiger partial charge in [0, 0.05) is 52.6 Å². The Hall–Kier alpha value is -3.19. The number of nitrogens with one attached hydrogen (secondary N) is 2. The number of carbonyl (C=O) groups is 1. The highest BCUT2D eigenvalue weighted by molar-refractivity contribution is 6.03. The fourth-order valence-electron chi connectivity index (χ4n) is 3.18. The Labute approximate surface area is 156 Å². The molecule has 27 heavy (non-hydrogen) atoms. The maximum Gasteiger partial charge on any atom is 0.251 e. The van der Waals surface area contributed by atoms with Crippen molar-refractivity contribution >= 4 is 27.8 Å². The summed E-state index contributed by atoms with van der Waals surface area (Å²) >= 11 is 0. The molecule has 0 unspecified atom stereocenters. The second-order valence-corrected chi connectivity index (χ2v) is 7.39. The number of aryl methyl sites for hydroxylation is 1. The minimum atomic E-state index is -0.679. The summed E-state index contributed by atoms with van der Waals surface area (Å²) in [4.78, 5) is 24.2. The molecule has 0 bridgehead atoms. The van der Waals surface area contributed by atoms with Crippen molar-refractivity contribution in [1.82, 2.24) is 24.8 Å². The van der Waals surface area contributed by atoms with E-state index in [4.69, 9.17) is 0 Å². The Bertz CT molecular complexity index is 1120. The van der Waals surface area contributed by atoms with Crippen LogP contribution in [0.15, 0.2) is 43.0 Å². The summed E-state index contributed by atoms with van der Waals surface area (Å²) in [5.41, 5.74) is 3.57. The summed E-state index contributed by atoms with van der Waals surface area (Å²) < 4.78 is 2.03. The molecule has 7 heteroatoms. The highest BCUT2D eigenvalue weighted by atomic mass is 16.3. The monoisotopic (exact) mass is 363 g/mol. The molecule has 1 aromatic carbocycles. The van der Waals surface area contributed by atoms with E-state index in [1.807, 2.05) is 36.0 Å². The summed E-state index contributed by atoms with van der Waals surface area (Å²) in [6.45, 7) is 3.43. The second kappa shape index (κ2) is 6.21. The smallest absolute Gasteiger partial charge is 0.251 e. The van der Waals surface area contributed by atoms with Gasteiger partial charge in [0.1, 0.15) is 12.0 Å². The lowest BCUT2D eigenvalue weighted by molar-refractivity contribution is 0.0869. The number of fused-ring (bicyclic) bond motifs is 2. The normalized spacial score (nSPS) is 12.0. The lowest BCUT2D eigenvalue weighted by atomic mass is 10.0. The van der Waals surface area contributed by atoms with Gasteiger partial charge in [-0.2, -0.15) is 0 Å². The number of benzene rings is 1. The molecular weight excluding hydrogens is 342 g/mol. The number of hydrogen-bond donors (Lipinski definition) is 3. The van der Waals surface area contributed by atoms with Crippen LogP contribution in [0.2, 0.25) is 0 Å². The van der Waals surface area contributed by atoms with Crippen LogP contribution in [0.25, 0.3) is 33.2 Å². The Morgan fingerprint density at radius 3 is 2.89 bits per heavy atom. The van der Waals surface area contributed by atoms with Crippen LogP contribution in [0, 0.1) is 0 Å². The third-order valence-corrected chi connectivity index (χ3v) is 4.68. The van der Waals surface area contributed by atoms with Gasteiger partial charge in [-0.15, -0.1) is 0 Å². The average molecular weight is 363 g/mol. The third kappa shape index (κ3) is 3.06. The van der Waals surface area contributed by atoms with E-state index in [-0.39, 0.29) is 12.5 Å². The molecule has 0 atom stereocenters. The van der Waals surface area contributed by atoms with E-state index < -0.39 is 5.54 Å². The van der Waals surface area contributed by atoms with Crippen molar-refractivity contribution in [2.24, 2.45) is 7.05 Å². The van der Waals surface area contributed by atoms with Gasteiger partial charge >= 0.3 is 0 Å². The van der Waals surface area contributed by atoms with E-state index in [0.717, 1.165) is 33.2 Å². The number of aromatic nitrogens is 4. The van der Waals surface area contributed by atoms with Crippen LogP contribution in [0.4, 0.5) is 0 Å². The SMILES string of the molecule is Cn1cc(-c2cc3cncnc3[nH]2)c2cc(C(=O)NC(C)(C)CO)ccc21. The molecular formula is C20H21N5O2. The number of aromatic amines is 1. The zero-order valence-corrected chi connectivity index (χ0v) is 15.4. The van der Waals surface area contributed by atoms with Crippen molar-refractivity contribution in [3.05, 3.63) is 48.5 Å². The van der Waals surface area contributed by atoms with Crippen LogP contribution in [0.1, 0.15) is 24.2 Å². The Kier molecular flexibility index (Phi) is 3.96.